The van der Waals surface area contributed by atoms with Gasteiger partial charge >= 0.3 is 0 Å². The summed E-state index contributed by atoms with van der Waals surface area (Å²) in [7, 11) is 4.19. The number of thiocarbonyl (C=S) groups is 1. The zero-order valence-corrected chi connectivity index (χ0v) is 14.4. The highest BCUT2D eigenvalue weighted by Crippen LogP contribution is 2.15. The molecule has 0 aliphatic heterocycles. The second kappa shape index (κ2) is 7.59. The Morgan fingerprint density at radius 1 is 1.33 bits per heavy atom. The van der Waals surface area contributed by atoms with Gasteiger partial charge in [0.05, 0.1) is 26.9 Å². The molecule has 0 aliphatic carbocycles. The molecule has 112 valence electrons. The first-order chi connectivity index (χ1) is 10.1. The molecule has 0 bridgehead atoms. The molecule has 4 nitrogen and oxygen atoms in total. The number of anilines is 1. The second-order valence-corrected chi connectivity index (χ2v) is 6.31. The van der Waals surface area contributed by atoms with E-state index in [1.54, 1.807) is 6.26 Å². The molecule has 1 aromatic carbocycles. The topological polar surface area (TPSA) is 41.6 Å². The highest BCUT2D eigenvalue weighted by atomic mass is 79.9. The number of hydrogen-bond donors (Lipinski definition) is 3. The number of nitrogens with one attached hydrogen (secondary N) is 3. The lowest BCUT2D eigenvalue weighted by molar-refractivity contribution is -0.891. The summed E-state index contributed by atoms with van der Waals surface area (Å²) < 4.78 is 6.51. The number of halogens is 1. The van der Waals surface area contributed by atoms with Crippen molar-refractivity contribution in [3.63, 3.8) is 0 Å². The van der Waals surface area contributed by atoms with E-state index in [1.165, 1.54) is 4.90 Å². The van der Waals surface area contributed by atoms with Crippen LogP contribution in [-0.4, -0.2) is 25.8 Å². The maximum atomic E-state index is 5.49. The smallest absolute Gasteiger partial charge is 0.171 e. The van der Waals surface area contributed by atoms with Crippen LogP contribution in [0.25, 0.3) is 0 Å². The summed E-state index contributed by atoms with van der Waals surface area (Å²) in [6, 6.07) is 12.0. The maximum absolute atomic E-state index is 5.49. The molecule has 0 saturated heterocycles. The highest BCUT2D eigenvalue weighted by Gasteiger charge is 2.20. The van der Waals surface area contributed by atoms with Crippen molar-refractivity contribution in [2.75, 3.05) is 26.0 Å². The molecule has 1 heterocycles. The number of rotatable bonds is 5. The van der Waals surface area contributed by atoms with Crippen LogP contribution in [0.2, 0.25) is 0 Å². The number of quaternary nitrogens is 1. The van der Waals surface area contributed by atoms with Crippen LogP contribution in [0.3, 0.4) is 0 Å². The Morgan fingerprint density at radius 3 is 2.76 bits per heavy atom. The van der Waals surface area contributed by atoms with E-state index in [-0.39, 0.29) is 6.04 Å². The molecule has 1 aromatic heterocycles. The van der Waals surface area contributed by atoms with E-state index in [2.05, 4.69) is 40.7 Å². The lowest BCUT2D eigenvalue weighted by Crippen LogP contribution is -3.07. The Hall–Kier alpha value is -1.37. The largest absolute Gasteiger partial charge is 0.463 e. The van der Waals surface area contributed by atoms with E-state index in [9.17, 15) is 0 Å². The molecule has 0 amide bonds. The second-order valence-electron chi connectivity index (χ2n) is 4.99. The minimum Gasteiger partial charge on any atom is -0.463 e. The van der Waals surface area contributed by atoms with Gasteiger partial charge in [-0.15, -0.1) is 0 Å². The number of furan rings is 1. The Kier molecular flexibility index (Phi) is 5.78. The van der Waals surface area contributed by atoms with E-state index < -0.39 is 0 Å². The van der Waals surface area contributed by atoms with Crippen molar-refractivity contribution >= 4 is 38.9 Å². The SMILES string of the molecule is C[NH+](C)[C@H](CNC(=S)Nc1cccc(Br)c1)c1ccco1. The molecule has 0 radical (unpaired) electrons. The van der Waals surface area contributed by atoms with Crippen LogP contribution < -0.4 is 15.5 Å². The van der Waals surface area contributed by atoms with Crippen molar-refractivity contribution < 1.29 is 9.32 Å². The van der Waals surface area contributed by atoms with Crippen molar-refractivity contribution in [3.8, 4) is 0 Å². The van der Waals surface area contributed by atoms with Crippen LogP contribution in [0.15, 0.2) is 51.6 Å². The van der Waals surface area contributed by atoms with E-state index >= 15 is 0 Å². The minimum absolute atomic E-state index is 0.210. The van der Waals surface area contributed by atoms with E-state index in [0.717, 1.165) is 15.9 Å². The monoisotopic (exact) mass is 368 g/mol. The summed E-state index contributed by atoms with van der Waals surface area (Å²) >= 11 is 8.78. The Balaban J connectivity index is 1.90. The van der Waals surface area contributed by atoms with Gasteiger partial charge in [0.2, 0.25) is 0 Å². The molecule has 2 rings (SSSR count). The molecule has 21 heavy (non-hydrogen) atoms. The molecule has 0 unspecified atom stereocenters. The lowest BCUT2D eigenvalue weighted by atomic mass is 10.2. The number of likely N-dealkylation sites (N-methyl/N-ethyl adjacent to an activating group) is 1. The molecule has 0 spiro atoms. The first-order valence-electron chi connectivity index (χ1n) is 6.70. The molecular weight excluding hydrogens is 350 g/mol. The zero-order chi connectivity index (χ0) is 15.2. The van der Waals surface area contributed by atoms with Crippen LogP contribution in [0.5, 0.6) is 0 Å². The molecule has 0 aliphatic rings. The summed E-state index contributed by atoms with van der Waals surface area (Å²) in [6.45, 7) is 0.704. The van der Waals surface area contributed by atoms with Crippen LogP contribution in [0, 0.1) is 0 Å². The van der Waals surface area contributed by atoms with Crippen molar-refractivity contribution in [2.24, 2.45) is 0 Å². The third-order valence-electron chi connectivity index (χ3n) is 3.13. The minimum atomic E-state index is 0.210. The van der Waals surface area contributed by atoms with Crippen LogP contribution in [0.4, 0.5) is 5.69 Å². The maximum Gasteiger partial charge on any atom is 0.171 e. The van der Waals surface area contributed by atoms with Crippen molar-refractivity contribution in [1.29, 1.82) is 0 Å². The Morgan fingerprint density at radius 2 is 2.14 bits per heavy atom. The predicted octanol–water partition coefficient (Wildman–Crippen LogP) is 2.21. The quantitative estimate of drug-likeness (QED) is 0.707. The van der Waals surface area contributed by atoms with Gasteiger partial charge in [-0.3, -0.25) is 0 Å². The van der Waals surface area contributed by atoms with E-state index in [1.807, 2.05) is 36.4 Å². The molecule has 3 N–H and O–H groups in total. The predicted molar refractivity (Wildman–Crippen MR) is 92.6 cm³/mol. The number of benzene rings is 1. The van der Waals surface area contributed by atoms with Crippen molar-refractivity contribution in [2.45, 2.75) is 6.04 Å². The molecule has 0 fully saturated rings. The Labute approximate surface area is 138 Å². The van der Waals surface area contributed by atoms with Crippen molar-refractivity contribution in [3.05, 3.63) is 52.9 Å². The van der Waals surface area contributed by atoms with Crippen molar-refractivity contribution in [1.82, 2.24) is 5.32 Å². The van der Waals surface area contributed by atoms with Gasteiger partial charge in [-0.1, -0.05) is 22.0 Å². The fraction of sp³-hybridized carbons (Fsp3) is 0.267. The van der Waals surface area contributed by atoms with Gasteiger partial charge in [0.15, 0.2) is 16.9 Å². The standard InChI is InChI=1S/C15H18BrN3OS/c1-19(2)13(14-7-4-8-20-14)10-17-15(21)18-12-6-3-5-11(16)9-12/h3-9,13H,10H2,1-2H3,(H2,17,18,21)/p+1/t13-/m1/s1. The first kappa shape index (κ1) is 16.0. The van der Waals surface area contributed by atoms with E-state index in [4.69, 9.17) is 16.6 Å². The van der Waals surface area contributed by atoms with Gasteiger partial charge in [0.1, 0.15) is 0 Å². The van der Waals surface area contributed by atoms with Gasteiger partial charge in [0, 0.05) is 10.2 Å². The van der Waals surface area contributed by atoms with Crippen LogP contribution in [-0.2, 0) is 0 Å². The fourth-order valence-corrected chi connectivity index (χ4v) is 2.62. The molecule has 1 atom stereocenters. The summed E-state index contributed by atoms with van der Waals surface area (Å²) in [5.74, 6) is 0.952. The summed E-state index contributed by atoms with van der Waals surface area (Å²) in [4.78, 5) is 1.28. The van der Waals surface area contributed by atoms with Gasteiger partial charge in [-0.05, 0) is 42.5 Å². The molecular formula is C15H19BrN3OS+. The molecule has 6 heteroatoms. The van der Waals surface area contributed by atoms with Gasteiger partial charge in [0.25, 0.3) is 0 Å². The summed E-state index contributed by atoms with van der Waals surface area (Å²) in [5, 5.41) is 7.02. The normalized spacial score (nSPS) is 12.2. The van der Waals surface area contributed by atoms with Crippen LogP contribution in [0.1, 0.15) is 11.8 Å². The average Bonchev–Trinajstić information content (AvgIpc) is 2.92. The van der Waals surface area contributed by atoms with Gasteiger partial charge in [-0.2, -0.15) is 0 Å². The Bertz CT molecular complexity index is 586. The third kappa shape index (κ3) is 4.84. The molecule has 2 aromatic rings. The molecule has 0 saturated carbocycles. The zero-order valence-electron chi connectivity index (χ0n) is 12.0. The van der Waals surface area contributed by atoms with Gasteiger partial charge < -0.3 is 20.0 Å². The summed E-state index contributed by atoms with van der Waals surface area (Å²) in [5.41, 5.74) is 0.952. The van der Waals surface area contributed by atoms with E-state index in [0.29, 0.717) is 11.7 Å². The lowest BCUT2D eigenvalue weighted by Gasteiger charge is -2.20. The van der Waals surface area contributed by atoms with Crippen LogP contribution >= 0.6 is 28.1 Å². The number of hydrogen-bond acceptors (Lipinski definition) is 2. The average molecular weight is 369 g/mol. The first-order valence-corrected chi connectivity index (χ1v) is 7.90. The summed E-state index contributed by atoms with van der Waals surface area (Å²) in [6.07, 6.45) is 1.70. The highest BCUT2D eigenvalue weighted by molar-refractivity contribution is 9.10. The third-order valence-corrected chi connectivity index (χ3v) is 3.87. The van der Waals surface area contributed by atoms with Gasteiger partial charge in [-0.25, -0.2) is 0 Å². The fourth-order valence-electron chi connectivity index (χ4n) is 2.02.